The van der Waals surface area contributed by atoms with Gasteiger partial charge >= 0.3 is 0 Å². The Morgan fingerprint density at radius 1 is 1.12 bits per heavy atom. The van der Waals surface area contributed by atoms with Gasteiger partial charge in [-0.2, -0.15) is 0 Å². The largest absolute Gasteiger partial charge is 0.497 e. The minimum absolute atomic E-state index is 0.0787. The van der Waals surface area contributed by atoms with Crippen LogP contribution in [0.2, 0.25) is 0 Å². The van der Waals surface area contributed by atoms with E-state index in [1.165, 1.54) is 16.9 Å². The van der Waals surface area contributed by atoms with Gasteiger partial charge in [0.2, 0.25) is 5.91 Å². The van der Waals surface area contributed by atoms with Crippen LogP contribution in [0.1, 0.15) is 11.1 Å². The number of thiazole rings is 1. The Hall–Kier alpha value is -2.66. The fourth-order valence-corrected chi connectivity index (χ4v) is 3.02. The number of nitrogens with zero attached hydrogens (tertiary/aromatic N) is 1. The van der Waals surface area contributed by atoms with Crippen LogP contribution in [0.4, 0.5) is 5.13 Å². The molecule has 1 heterocycles. The predicted octanol–water partition coefficient (Wildman–Crippen LogP) is 4.31. The Morgan fingerprint density at radius 2 is 1.83 bits per heavy atom. The second kappa shape index (κ2) is 7.27. The lowest BCUT2D eigenvalue weighted by atomic mass is 10.1. The fourth-order valence-electron chi connectivity index (χ4n) is 2.28. The van der Waals surface area contributed by atoms with E-state index < -0.39 is 0 Å². The van der Waals surface area contributed by atoms with Gasteiger partial charge in [-0.25, -0.2) is 4.98 Å². The second-order valence-electron chi connectivity index (χ2n) is 5.48. The highest BCUT2D eigenvalue weighted by atomic mass is 32.1. The Labute approximate surface area is 145 Å². The van der Waals surface area contributed by atoms with Gasteiger partial charge in [-0.3, -0.25) is 4.79 Å². The number of carbonyl (C=O) groups excluding carboxylic acids is 1. The zero-order chi connectivity index (χ0) is 16.9. The maximum atomic E-state index is 12.2. The normalized spacial score (nSPS) is 10.4. The van der Waals surface area contributed by atoms with Crippen LogP contribution >= 0.6 is 11.3 Å². The van der Waals surface area contributed by atoms with Gasteiger partial charge in [-0.05, 0) is 24.6 Å². The monoisotopic (exact) mass is 338 g/mol. The molecule has 0 unspecified atom stereocenters. The van der Waals surface area contributed by atoms with Crippen LogP contribution in [0.25, 0.3) is 11.3 Å². The number of hydrogen-bond donors (Lipinski definition) is 1. The zero-order valence-electron chi connectivity index (χ0n) is 13.6. The number of amides is 1. The number of rotatable bonds is 5. The van der Waals surface area contributed by atoms with E-state index in [1.807, 2.05) is 41.8 Å². The maximum absolute atomic E-state index is 12.2. The molecular formula is C19H18N2O2S. The second-order valence-corrected chi connectivity index (χ2v) is 6.34. The maximum Gasteiger partial charge on any atom is 0.230 e. The first-order chi connectivity index (χ1) is 11.6. The molecule has 5 heteroatoms. The van der Waals surface area contributed by atoms with Gasteiger partial charge in [0.05, 0.1) is 19.2 Å². The van der Waals surface area contributed by atoms with E-state index in [0.29, 0.717) is 11.6 Å². The van der Waals surface area contributed by atoms with E-state index in [-0.39, 0.29) is 5.91 Å². The minimum Gasteiger partial charge on any atom is -0.497 e. The van der Waals surface area contributed by atoms with Gasteiger partial charge in [0.15, 0.2) is 5.13 Å². The summed E-state index contributed by atoms with van der Waals surface area (Å²) in [7, 11) is 1.62. The van der Waals surface area contributed by atoms with Gasteiger partial charge in [0.25, 0.3) is 0 Å². The first-order valence-electron chi connectivity index (χ1n) is 7.59. The molecule has 1 amide bonds. The van der Waals surface area contributed by atoms with Crippen molar-refractivity contribution in [3.63, 3.8) is 0 Å². The molecule has 0 aliphatic heterocycles. The molecule has 2 aromatic carbocycles. The van der Waals surface area contributed by atoms with E-state index >= 15 is 0 Å². The van der Waals surface area contributed by atoms with Crippen LogP contribution in [0.3, 0.4) is 0 Å². The lowest BCUT2D eigenvalue weighted by molar-refractivity contribution is -0.115. The molecule has 3 rings (SSSR count). The molecule has 4 nitrogen and oxygen atoms in total. The number of aryl methyl sites for hydroxylation is 1. The number of methoxy groups -OCH3 is 1. The summed E-state index contributed by atoms with van der Waals surface area (Å²) < 4.78 is 5.11. The van der Waals surface area contributed by atoms with Crippen LogP contribution in [0.15, 0.2) is 53.9 Å². The van der Waals surface area contributed by atoms with Crippen molar-refractivity contribution in [2.75, 3.05) is 12.4 Å². The van der Waals surface area contributed by atoms with E-state index in [4.69, 9.17) is 4.74 Å². The molecule has 0 bridgehead atoms. The average Bonchev–Trinajstić information content (AvgIpc) is 3.04. The molecule has 0 saturated heterocycles. The van der Waals surface area contributed by atoms with Crippen molar-refractivity contribution >= 4 is 22.4 Å². The highest BCUT2D eigenvalue weighted by Crippen LogP contribution is 2.25. The Kier molecular flexibility index (Phi) is 4.91. The lowest BCUT2D eigenvalue weighted by Crippen LogP contribution is -2.14. The molecule has 1 N–H and O–H groups in total. The molecule has 0 aliphatic rings. The molecule has 122 valence electrons. The molecule has 0 atom stereocenters. The third-order valence-corrected chi connectivity index (χ3v) is 4.38. The molecule has 0 spiro atoms. The summed E-state index contributed by atoms with van der Waals surface area (Å²) in [6, 6.07) is 15.6. The smallest absolute Gasteiger partial charge is 0.230 e. The van der Waals surface area contributed by atoms with Gasteiger partial charge in [-0.15, -0.1) is 11.3 Å². The summed E-state index contributed by atoms with van der Waals surface area (Å²) in [6.45, 7) is 2.05. The highest BCUT2D eigenvalue weighted by molar-refractivity contribution is 7.14. The number of nitrogens with one attached hydrogen (secondary N) is 1. The Balaban J connectivity index is 1.63. The van der Waals surface area contributed by atoms with E-state index in [9.17, 15) is 4.79 Å². The number of anilines is 1. The summed E-state index contributed by atoms with van der Waals surface area (Å²) in [4.78, 5) is 16.6. The van der Waals surface area contributed by atoms with Crippen molar-refractivity contribution < 1.29 is 9.53 Å². The van der Waals surface area contributed by atoms with Crippen LogP contribution in [-0.4, -0.2) is 18.0 Å². The minimum atomic E-state index is -0.0787. The summed E-state index contributed by atoms with van der Waals surface area (Å²) in [5.41, 5.74) is 4.07. The highest BCUT2D eigenvalue weighted by Gasteiger charge is 2.09. The van der Waals surface area contributed by atoms with E-state index in [2.05, 4.69) is 29.4 Å². The van der Waals surface area contributed by atoms with Crippen molar-refractivity contribution in [1.29, 1.82) is 0 Å². The number of hydrogen-bond acceptors (Lipinski definition) is 4. The molecule has 0 aliphatic carbocycles. The summed E-state index contributed by atoms with van der Waals surface area (Å²) in [6.07, 6.45) is 0.309. The van der Waals surface area contributed by atoms with Gasteiger partial charge in [-0.1, -0.05) is 42.0 Å². The predicted molar refractivity (Wildman–Crippen MR) is 97.6 cm³/mol. The molecule has 24 heavy (non-hydrogen) atoms. The number of aromatic nitrogens is 1. The topological polar surface area (TPSA) is 51.2 Å². The van der Waals surface area contributed by atoms with Crippen molar-refractivity contribution in [3.8, 4) is 17.0 Å². The van der Waals surface area contributed by atoms with Crippen LogP contribution < -0.4 is 10.1 Å². The summed E-state index contributed by atoms with van der Waals surface area (Å²) in [5, 5.41) is 5.42. The Morgan fingerprint density at radius 3 is 2.50 bits per heavy atom. The number of ether oxygens (including phenoxy) is 1. The van der Waals surface area contributed by atoms with Gasteiger partial charge in [0.1, 0.15) is 5.75 Å². The van der Waals surface area contributed by atoms with Crippen LogP contribution in [-0.2, 0) is 11.2 Å². The average molecular weight is 338 g/mol. The van der Waals surface area contributed by atoms with Gasteiger partial charge < -0.3 is 10.1 Å². The third-order valence-electron chi connectivity index (χ3n) is 3.62. The van der Waals surface area contributed by atoms with Crippen molar-refractivity contribution in [3.05, 3.63) is 65.0 Å². The third kappa shape index (κ3) is 4.00. The molecule has 1 aromatic heterocycles. The first kappa shape index (κ1) is 16.2. The van der Waals surface area contributed by atoms with E-state index in [0.717, 1.165) is 22.6 Å². The fraction of sp³-hybridized carbons (Fsp3) is 0.158. The standard InChI is InChI=1S/C19H18N2O2S/c1-13-3-7-15(8-4-13)17-12-24-19(20-17)21-18(22)11-14-5-9-16(23-2)10-6-14/h3-10,12H,11H2,1-2H3,(H,20,21,22). The SMILES string of the molecule is COc1ccc(CC(=O)Nc2nc(-c3ccc(C)cc3)cs2)cc1. The molecule has 0 radical (unpaired) electrons. The molecular weight excluding hydrogens is 320 g/mol. The molecule has 0 fully saturated rings. The quantitative estimate of drug-likeness (QED) is 0.754. The van der Waals surface area contributed by atoms with Gasteiger partial charge in [0, 0.05) is 10.9 Å². The lowest BCUT2D eigenvalue weighted by Gasteiger charge is -2.04. The number of benzene rings is 2. The summed E-state index contributed by atoms with van der Waals surface area (Å²) >= 11 is 1.43. The molecule has 3 aromatic rings. The molecule has 0 saturated carbocycles. The zero-order valence-corrected chi connectivity index (χ0v) is 14.4. The van der Waals surface area contributed by atoms with Crippen LogP contribution in [0, 0.1) is 6.92 Å². The summed E-state index contributed by atoms with van der Waals surface area (Å²) in [5.74, 6) is 0.701. The van der Waals surface area contributed by atoms with Crippen molar-refractivity contribution in [2.24, 2.45) is 0 Å². The first-order valence-corrected chi connectivity index (χ1v) is 8.47. The number of carbonyl (C=O) groups is 1. The van der Waals surface area contributed by atoms with Crippen molar-refractivity contribution in [1.82, 2.24) is 4.98 Å². The Bertz CT molecular complexity index is 823. The van der Waals surface area contributed by atoms with Crippen molar-refractivity contribution in [2.45, 2.75) is 13.3 Å². The van der Waals surface area contributed by atoms with E-state index in [1.54, 1.807) is 7.11 Å². The van der Waals surface area contributed by atoms with Crippen LogP contribution in [0.5, 0.6) is 5.75 Å².